The fourth-order valence-corrected chi connectivity index (χ4v) is 1.90. The van der Waals surface area contributed by atoms with Crippen molar-refractivity contribution in [2.24, 2.45) is 0 Å². The zero-order valence-electron chi connectivity index (χ0n) is 8.41. The highest BCUT2D eigenvalue weighted by Crippen LogP contribution is 2.05. The van der Waals surface area contributed by atoms with Crippen LogP contribution in [0.4, 0.5) is 0 Å². The van der Waals surface area contributed by atoms with E-state index in [4.69, 9.17) is 13.6 Å². The van der Waals surface area contributed by atoms with E-state index in [0.29, 0.717) is 19.8 Å². The summed E-state index contributed by atoms with van der Waals surface area (Å²) in [5, 5.41) is 0. The topological polar surface area (TPSA) is 27.7 Å². The zero-order valence-corrected chi connectivity index (χ0v) is 9.41. The standard InChI is InChI=1S/C9H18O3Si/c1-5-7-11-13(3,4)12-9-8-10-6-2/h5-6H,1-2,7-9H2,3-4H3. The molecule has 0 amide bonds. The van der Waals surface area contributed by atoms with Gasteiger partial charge in [0.25, 0.3) is 0 Å². The molecule has 0 rings (SSSR count). The highest BCUT2D eigenvalue weighted by Gasteiger charge is 2.23. The second-order valence-electron chi connectivity index (χ2n) is 2.89. The Kier molecular flexibility index (Phi) is 6.57. The third-order valence-electron chi connectivity index (χ3n) is 1.32. The average molecular weight is 202 g/mol. The lowest BCUT2D eigenvalue weighted by Gasteiger charge is -2.21. The Morgan fingerprint density at radius 3 is 2.38 bits per heavy atom. The Hall–Kier alpha value is -0.583. The highest BCUT2D eigenvalue weighted by molar-refractivity contribution is 6.64. The van der Waals surface area contributed by atoms with Crippen LogP contribution in [0.5, 0.6) is 0 Å². The van der Waals surface area contributed by atoms with E-state index in [0.717, 1.165) is 0 Å². The van der Waals surface area contributed by atoms with Crippen molar-refractivity contribution in [1.29, 1.82) is 0 Å². The van der Waals surface area contributed by atoms with Crippen molar-refractivity contribution in [3.63, 3.8) is 0 Å². The summed E-state index contributed by atoms with van der Waals surface area (Å²) in [5.74, 6) is 0. The minimum atomic E-state index is -1.96. The second kappa shape index (κ2) is 6.88. The van der Waals surface area contributed by atoms with Gasteiger partial charge in [-0.3, -0.25) is 0 Å². The van der Waals surface area contributed by atoms with Crippen LogP contribution < -0.4 is 0 Å². The molecule has 0 aliphatic rings. The summed E-state index contributed by atoms with van der Waals surface area (Å²) >= 11 is 0. The molecule has 4 heteroatoms. The smallest absolute Gasteiger partial charge is 0.332 e. The van der Waals surface area contributed by atoms with Crippen LogP contribution in [-0.2, 0) is 13.6 Å². The maximum absolute atomic E-state index is 5.53. The predicted octanol–water partition coefficient (Wildman–Crippen LogP) is 2.07. The lowest BCUT2D eigenvalue weighted by Crippen LogP contribution is -2.35. The first-order chi connectivity index (χ1) is 6.12. The fourth-order valence-electron chi connectivity index (χ4n) is 0.720. The maximum atomic E-state index is 5.53. The molecule has 0 aromatic heterocycles. The molecule has 0 saturated heterocycles. The van der Waals surface area contributed by atoms with Gasteiger partial charge < -0.3 is 13.6 Å². The van der Waals surface area contributed by atoms with Crippen molar-refractivity contribution >= 4 is 8.56 Å². The van der Waals surface area contributed by atoms with E-state index < -0.39 is 8.56 Å². The molecule has 0 aromatic rings. The van der Waals surface area contributed by atoms with Gasteiger partial charge in [0.15, 0.2) is 0 Å². The van der Waals surface area contributed by atoms with E-state index in [9.17, 15) is 0 Å². The summed E-state index contributed by atoms with van der Waals surface area (Å²) in [4.78, 5) is 0. The van der Waals surface area contributed by atoms with Crippen LogP contribution in [0.25, 0.3) is 0 Å². The van der Waals surface area contributed by atoms with Crippen LogP contribution in [0, 0.1) is 0 Å². The van der Waals surface area contributed by atoms with Gasteiger partial charge in [0.2, 0.25) is 0 Å². The van der Waals surface area contributed by atoms with Gasteiger partial charge in [0.05, 0.1) is 19.5 Å². The van der Waals surface area contributed by atoms with Gasteiger partial charge in [0.1, 0.15) is 6.61 Å². The Bertz CT molecular complexity index is 157. The molecular weight excluding hydrogens is 184 g/mol. The quantitative estimate of drug-likeness (QED) is 0.261. The minimum Gasteiger partial charge on any atom is -0.499 e. The van der Waals surface area contributed by atoms with Gasteiger partial charge in [-0.05, 0) is 13.1 Å². The molecule has 0 saturated carbocycles. The van der Waals surface area contributed by atoms with Crippen molar-refractivity contribution in [3.8, 4) is 0 Å². The molecular formula is C9H18O3Si. The summed E-state index contributed by atoms with van der Waals surface area (Å²) in [5.41, 5.74) is 0. The Labute approximate surface area is 81.2 Å². The molecule has 0 atom stereocenters. The third-order valence-corrected chi connectivity index (χ3v) is 3.08. The van der Waals surface area contributed by atoms with Gasteiger partial charge in [-0.2, -0.15) is 0 Å². The van der Waals surface area contributed by atoms with Crippen molar-refractivity contribution in [2.45, 2.75) is 13.1 Å². The normalized spacial score (nSPS) is 10.9. The van der Waals surface area contributed by atoms with Crippen molar-refractivity contribution in [1.82, 2.24) is 0 Å². The molecule has 0 N–H and O–H groups in total. The molecule has 0 heterocycles. The molecule has 13 heavy (non-hydrogen) atoms. The zero-order chi connectivity index (χ0) is 10.2. The SMILES string of the molecule is C=CCO[Si](C)(C)OCCOC=C. The molecule has 3 nitrogen and oxygen atoms in total. The van der Waals surface area contributed by atoms with Crippen LogP contribution in [-0.4, -0.2) is 28.4 Å². The molecule has 0 fully saturated rings. The Morgan fingerprint density at radius 1 is 1.15 bits per heavy atom. The number of hydrogen-bond acceptors (Lipinski definition) is 3. The Balaban J connectivity index is 3.49. The molecule has 76 valence electrons. The largest absolute Gasteiger partial charge is 0.499 e. The lowest BCUT2D eigenvalue weighted by molar-refractivity contribution is 0.138. The average Bonchev–Trinajstić information content (AvgIpc) is 2.09. The highest BCUT2D eigenvalue weighted by atomic mass is 28.4. The van der Waals surface area contributed by atoms with Crippen LogP contribution in [0.3, 0.4) is 0 Å². The van der Waals surface area contributed by atoms with Gasteiger partial charge in [-0.25, -0.2) is 0 Å². The van der Waals surface area contributed by atoms with E-state index in [-0.39, 0.29) is 0 Å². The summed E-state index contributed by atoms with van der Waals surface area (Å²) in [6, 6.07) is 0. The van der Waals surface area contributed by atoms with Crippen LogP contribution in [0.1, 0.15) is 0 Å². The monoisotopic (exact) mass is 202 g/mol. The summed E-state index contributed by atoms with van der Waals surface area (Å²) in [6.45, 7) is 12.6. The van der Waals surface area contributed by atoms with Crippen molar-refractivity contribution in [3.05, 3.63) is 25.5 Å². The maximum Gasteiger partial charge on any atom is 0.332 e. The van der Waals surface area contributed by atoms with Crippen LogP contribution >= 0.6 is 0 Å². The van der Waals surface area contributed by atoms with Gasteiger partial charge >= 0.3 is 8.56 Å². The van der Waals surface area contributed by atoms with Crippen molar-refractivity contribution in [2.75, 3.05) is 19.8 Å². The fraction of sp³-hybridized carbons (Fsp3) is 0.556. The minimum absolute atomic E-state index is 0.525. The van der Waals surface area contributed by atoms with E-state index >= 15 is 0 Å². The van der Waals surface area contributed by atoms with Crippen LogP contribution in [0.15, 0.2) is 25.5 Å². The molecule has 0 aliphatic heterocycles. The van der Waals surface area contributed by atoms with E-state index in [1.54, 1.807) is 6.08 Å². The van der Waals surface area contributed by atoms with Crippen molar-refractivity contribution < 1.29 is 13.6 Å². The summed E-state index contributed by atoms with van der Waals surface area (Å²) in [7, 11) is -1.96. The van der Waals surface area contributed by atoms with E-state index in [2.05, 4.69) is 13.2 Å². The van der Waals surface area contributed by atoms with Gasteiger partial charge in [-0.1, -0.05) is 12.7 Å². The van der Waals surface area contributed by atoms with E-state index in [1.807, 2.05) is 13.1 Å². The summed E-state index contributed by atoms with van der Waals surface area (Å²) < 4.78 is 15.9. The van der Waals surface area contributed by atoms with Gasteiger partial charge in [-0.15, -0.1) is 6.58 Å². The number of rotatable bonds is 8. The first-order valence-electron chi connectivity index (χ1n) is 4.23. The first-order valence-corrected chi connectivity index (χ1v) is 7.05. The third kappa shape index (κ3) is 7.77. The molecule has 0 radical (unpaired) electrons. The van der Waals surface area contributed by atoms with Gasteiger partial charge in [0, 0.05) is 0 Å². The Morgan fingerprint density at radius 2 is 1.85 bits per heavy atom. The number of hydrogen-bond donors (Lipinski definition) is 0. The molecule has 0 spiro atoms. The van der Waals surface area contributed by atoms with Crippen LogP contribution in [0.2, 0.25) is 13.1 Å². The molecule has 0 aromatic carbocycles. The summed E-state index contributed by atoms with van der Waals surface area (Å²) in [6.07, 6.45) is 3.13. The second-order valence-corrected chi connectivity index (χ2v) is 6.26. The van der Waals surface area contributed by atoms with E-state index in [1.165, 1.54) is 6.26 Å². The molecule has 0 unspecified atom stereocenters. The lowest BCUT2D eigenvalue weighted by atomic mass is 10.7. The predicted molar refractivity (Wildman–Crippen MR) is 55.7 cm³/mol. The molecule has 0 bridgehead atoms. The number of ether oxygens (including phenoxy) is 1. The molecule has 0 aliphatic carbocycles. The first kappa shape index (κ1) is 12.4.